The van der Waals surface area contributed by atoms with Crippen molar-refractivity contribution in [1.29, 1.82) is 0 Å². The first-order valence-electron chi connectivity index (χ1n) is 39.8. The van der Waals surface area contributed by atoms with Gasteiger partial charge in [0.1, 0.15) is 72.3 Å². The maximum Gasteiger partial charge on any atom is 0.247 e. The predicted molar refractivity (Wildman–Crippen MR) is 480 cm³/mol. The number of hydrogen-bond acceptors (Lipinski definition) is 27. The van der Waals surface area contributed by atoms with E-state index in [0.29, 0.717) is 62.8 Å². The van der Waals surface area contributed by atoms with Crippen molar-refractivity contribution in [3.8, 4) is 90.1 Å². The van der Waals surface area contributed by atoms with Crippen molar-refractivity contribution in [3.63, 3.8) is 0 Å². The highest BCUT2D eigenvalue weighted by atomic mass is 16.2. The molecule has 0 bridgehead atoms. The van der Waals surface area contributed by atoms with Crippen LogP contribution in [0.2, 0.25) is 0 Å². The van der Waals surface area contributed by atoms with Crippen molar-refractivity contribution in [2.24, 2.45) is 0 Å². The molecule has 20 aromatic rings. The highest BCUT2D eigenvalue weighted by Gasteiger charge is 2.20. The van der Waals surface area contributed by atoms with E-state index in [1.807, 2.05) is 136 Å². The molecule has 624 valence electrons. The molecule has 0 saturated heterocycles. The lowest BCUT2D eigenvalue weighted by Gasteiger charge is -2.08. The Hall–Kier alpha value is -18.1. The Labute approximate surface area is 728 Å². The van der Waals surface area contributed by atoms with Crippen molar-refractivity contribution >= 4 is 90.8 Å². The molecule has 20 aromatic heterocycles. The summed E-state index contributed by atoms with van der Waals surface area (Å²) < 4.78 is 6.99. The zero-order valence-corrected chi connectivity index (χ0v) is 68.8. The van der Waals surface area contributed by atoms with Crippen molar-refractivity contribution in [3.05, 3.63) is 324 Å². The van der Waals surface area contributed by atoms with Crippen LogP contribution in [0, 0.1) is 27.7 Å². The molecule has 0 saturated carbocycles. The van der Waals surface area contributed by atoms with Crippen molar-refractivity contribution in [2.45, 2.75) is 53.9 Å². The Morgan fingerprint density at radius 3 is 1.30 bits per heavy atom. The molecule has 0 unspecified atom stereocenters. The number of fused-ring (bicyclic) bond motifs is 4. The monoisotopic (exact) mass is 1690 g/mol. The van der Waals surface area contributed by atoms with Crippen molar-refractivity contribution in [2.75, 3.05) is 21.3 Å². The fraction of sp³-hybridized carbons (Fsp3) is 0.0860. The van der Waals surface area contributed by atoms with E-state index in [4.69, 9.17) is 0 Å². The Morgan fingerprint density at radius 1 is 0.297 bits per heavy atom. The molecule has 20 rings (SSSR count). The number of pyridine rings is 11. The summed E-state index contributed by atoms with van der Waals surface area (Å²) in [6, 6.07) is 39.8. The lowest BCUT2D eigenvalue weighted by Crippen LogP contribution is -2.20. The topological polar surface area (TPSA) is 433 Å². The second kappa shape index (κ2) is 38.4. The number of amides is 4. The molecule has 0 atom stereocenters. The third kappa shape index (κ3) is 19.9. The van der Waals surface area contributed by atoms with Gasteiger partial charge in [-0.05, 0) is 172 Å². The maximum atomic E-state index is 12.7. The van der Waals surface area contributed by atoms with Gasteiger partial charge in [0.25, 0.3) is 0 Å². The van der Waals surface area contributed by atoms with Crippen LogP contribution < -0.4 is 21.3 Å². The minimum absolute atomic E-state index is 0.0256. The molecule has 4 amide bonds. The van der Waals surface area contributed by atoms with Gasteiger partial charge in [0.05, 0.1) is 101 Å². The molecule has 0 aliphatic heterocycles. The molecule has 4 N–H and O–H groups in total. The van der Waals surface area contributed by atoms with Crippen LogP contribution in [0.3, 0.4) is 0 Å². The average Bonchev–Trinajstić information content (AvgIpc) is 1.65. The maximum absolute atomic E-state index is 12.7. The Morgan fingerprint density at radius 2 is 0.773 bits per heavy atom. The van der Waals surface area contributed by atoms with Gasteiger partial charge >= 0.3 is 0 Å². The molecule has 0 aromatic carbocycles. The molecule has 0 aliphatic carbocycles. The molecule has 35 heteroatoms. The predicted octanol–water partition coefficient (Wildman–Crippen LogP) is 13.8. The number of anilines is 4. The van der Waals surface area contributed by atoms with E-state index >= 15 is 0 Å². The highest BCUT2D eigenvalue weighted by molar-refractivity contribution is 5.98. The minimum Gasteiger partial charge on any atom is -0.323 e. The van der Waals surface area contributed by atoms with E-state index in [2.05, 4.69) is 136 Å². The van der Waals surface area contributed by atoms with Crippen LogP contribution in [-0.4, -0.2) is 157 Å². The van der Waals surface area contributed by atoms with E-state index in [9.17, 15) is 19.2 Å². The normalized spacial score (nSPS) is 10.9. The van der Waals surface area contributed by atoms with Gasteiger partial charge < -0.3 is 35.0 Å². The third-order valence-corrected chi connectivity index (χ3v) is 19.8. The number of carbonyl (C=O) groups excluding carboxylic acids is 4. The zero-order valence-electron chi connectivity index (χ0n) is 68.8. The zero-order chi connectivity index (χ0) is 87.7. The van der Waals surface area contributed by atoms with E-state index in [1.165, 1.54) is 6.33 Å². The molecule has 128 heavy (non-hydrogen) atoms. The van der Waals surface area contributed by atoms with Crippen molar-refractivity contribution < 1.29 is 19.2 Å². The number of aryl methyl sites for hydroxylation is 4. The van der Waals surface area contributed by atoms with Gasteiger partial charge in [0.15, 0.2) is 5.65 Å². The standard InChI is InChI=1S/C24H19N7O.3C23H18N8O/c1-16-12-17(4-7-26-16)19-5-8-28-24-20(19)6-11-31(24)15-23(32)30-18-2-3-21(29-13-18)22-14-25-9-10-27-22;1-15-10-16(4-6-25-15)22-18-5-9-31(23(18)29-14-28-22)13-21(32)30-17-2-3-19(27-11-17)20-12-24-7-8-26-20;1-15-10-16(4-6-25-15)22-23-19(5-7-27-22)31(14-29-23)13-21(32)30-20-3-2-17(11-28-20)18-12-24-8-9-26-18;1-15-8-16(4-5-25-15)18-9-19-12-29-31(23(19)28-11-18)14-22(32)30-21-3-2-17(10-27-21)20-13-24-6-7-26-20/h2-14H,15H2,1H3,(H,30,32);2-12,14H,13H2,1H3,(H,30,32);2-12,14H,13H2,1H3,(H,28,30,32);2-13H,14H2,1H3,(H,27,30,32). The van der Waals surface area contributed by atoms with E-state index in [1.54, 1.807) is 205 Å². The second-order valence-electron chi connectivity index (χ2n) is 28.8. The van der Waals surface area contributed by atoms with Gasteiger partial charge in [-0.25, -0.2) is 39.6 Å². The second-order valence-corrected chi connectivity index (χ2v) is 28.8. The Bertz CT molecular complexity index is 6810. The number of carbonyl (C=O) groups is 4. The summed E-state index contributed by atoms with van der Waals surface area (Å²) in [6.07, 6.45) is 46.9. The molecule has 0 radical (unpaired) electrons. The summed E-state index contributed by atoms with van der Waals surface area (Å²) in [5.41, 5.74) is 21.9. The summed E-state index contributed by atoms with van der Waals surface area (Å²) in [6.45, 7) is 8.16. The van der Waals surface area contributed by atoms with Crippen LogP contribution >= 0.6 is 0 Å². The van der Waals surface area contributed by atoms with Crippen LogP contribution in [-0.2, 0) is 45.4 Å². The van der Waals surface area contributed by atoms with E-state index in [0.717, 1.165) is 117 Å². The largest absolute Gasteiger partial charge is 0.323 e. The molecule has 20 heterocycles. The molecule has 0 spiro atoms. The molecule has 35 nitrogen and oxygen atoms in total. The van der Waals surface area contributed by atoms with Crippen LogP contribution in [0.15, 0.2) is 301 Å². The minimum atomic E-state index is -0.245. The number of nitrogens with zero attached hydrogens (tertiary/aromatic N) is 27. The first-order valence-corrected chi connectivity index (χ1v) is 39.8. The fourth-order valence-electron chi connectivity index (χ4n) is 13.8. The van der Waals surface area contributed by atoms with Crippen molar-refractivity contribution in [1.82, 2.24) is 133 Å². The summed E-state index contributed by atoms with van der Waals surface area (Å²) >= 11 is 0. The number of nitrogens with one attached hydrogen (secondary N) is 4. The average molecular weight is 1690 g/mol. The first kappa shape index (κ1) is 82.3. The summed E-state index contributed by atoms with van der Waals surface area (Å²) in [5, 5.41) is 18.4. The molecule has 0 fully saturated rings. The summed E-state index contributed by atoms with van der Waals surface area (Å²) in [4.78, 5) is 145. The van der Waals surface area contributed by atoms with Gasteiger partial charge in [-0.3, -0.25) is 93.9 Å². The fourth-order valence-corrected chi connectivity index (χ4v) is 13.8. The quantitative estimate of drug-likeness (QED) is 0.0550. The number of aromatic nitrogens is 27. The molecular weight excluding hydrogens is 1620 g/mol. The number of imidazole rings is 1. The Kier molecular flexibility index (Phi) is 24.6. The Balaban J connectivity index is 0.000000120. The molecule has 0 aliphatic rings. The van der Waals surface area contributed by atoms with Gasteiger partial charge in [-0.2, -0.15) is 5.10 Å². The number of hydrogen-bond donors (Lipinski definition) is 4. The van der Waals surface area contributed by atoms with E-state index in [-0.39, 0.29) is 49.8 Å². The van der Waals surface area contributed by atoms with Crippen LogP contribution in [0.1, 0.15) is 22.8 Å². The smallest absolute Gasteiger partial charge is 0.247 e. The molecular formula is C93H73N31O4. The van der Waals surface area contributed by atoms with E-state index < -0.39 is 0 Å². The van der Waals surface area contributed by atoms with Crippen LogP contribution in [0.25, 0.3) is 134 Å². The lowest BCUT2D eigenvalue weighted by molar-refractivity contribution is -0.117. The van der Waals surface area contributed by atoms with Gasteiger partial charge in [0.2, 0.25) is 23.6 Å². The highest BCUT2D eigenvalue weighted by Crippen LogP contribution is 2.32. The van der Waals surface area contributed by atoms with Gasteiger partial charge in [-0.1, -0.05) is 0 Å². The van der Waals surface area contributed by atoms with Gasteiger partial charge in [0, 0.05) is 184 Å². The SMILES string of the molecule is Cc1cc(-c2ccnc3c2ccn3CC(=O)Nc2ccc(-c3cnccn3)nc2)ccn1.Cc1cc(-c2cnc3c(cnn3CC(=O)Nc3ccc(-c4cnccn4)cn3)c2)ccn1.Cc1cc(-c2nccc3c2ncn3CC(=O)Nc2ccc(-c3cnccn3)cn2)ccn1.Cc1cc(-c2ncnc3c2ccn3CC(=O)Nc2ccc(-c3cnccn3)nc2)ccn1. The van der Waals surface area contributed by atoms with Crippen LogP contribution in [0.4, 0.5) is 23.0 Å². The lowest BCUT2D eigenvalue weighted by atomic mass is 10.0. The summed E-state index contributed by atoms with van der Waals surface area (Å²) in [5.74, 6) is 0.108. The van der Waals surface area contributed by atoms with Gasteiger partial charge in [-0.15, -0.1) is 0 Å². The summed E-state index contributed by atoms with van der Waals surface area (Å²) in [7, 11) is 0. The van der Waals surface area contributed by atoms with Crippen LogP contribution in [0.5, 0.6) is 0 Å². The first-order chi connectivity index (χ1) is 62.7. The third-order valence-electron chi connectivity index (χ3n) is 19.8. The number of rotatable bonds is 20.